The Morgan fingerprint density at radius 2 is 1.94 bits per heavy atom. The SMILES string of the molecule is CO/N=C(\C)c1nc(-c2ccc(CC(CCO)NC(=O)c3ccc(OC(C)C)c(Cl)c3)cc2)cn1C. The molecule has 9 heteroatoms. The van der Waals surface area contributed by atoms with Gasteiger partial charge in [-0.05, 0) is 57.4 Å². The smallest absolute Gasteiger partial charge is 0.251 e. The van der Waals surface area contributed by atoms with Crippen molar-refractivity contribution in [3.05, 3.63) is 70.6 Å². The second-order valence-electron chi connectivity index (χ2n) is 8.82. The zero-order chi connectivity index (χ0) is 26.2. The summed E-state index contributed by atoms with van der Waals surface area (Å²) < 4.78 is 7.54. The molecule has 0 spiro atoms. The molecular formula is C27H33ClN4O4. The topological polar surface area (TPSA) is 98.0 Å². The van der Waals surface area contributed by atoms with Crippen molar-refractivity contribution in [2.75, 3.05) is 13.7 Å². The Labute approximate surface area is 216 Å². The number of imidazole rings is 1. The first-order valence-electron chi connectivity index (χ1n) is 11.8. The van der Waals surface area contributed by atoms with Crippen molar-refractivity contribution in [2.45, 2.75) is 45.8 Å². The van der Waals surface area contributed by atoms with E-state index in [0.717, 1.165) is 22.6 Å². The van der Waals surface area contributed by atoms with E-state index in [2.05, 4.69) is 15.5 Å². The third-order valence-electron chi connectivity index (χ3n) is 5.53. The molecule has 1 amide bonds. The Hall–Kier alpha value is -3.36. The Morgan fingerprint density at radius 3 is 2.56 bits per heavy atom. The van der Waals surface area contributed by atoms with Crippen molar-refractivity contribution >= 4 is 23.2 Å². The van der Waals surface area contributed by atoms with Crippen molar-refractivity contribution in [2.24, 2.45) is 12.2 Å². The third kappa shape index (κ3) is 7.08. The summed E-state index contributed by atoms with van der Waals surface area (Å²) in [5, 5.41) is 16.9. The first-order chi connectivity index (χ1) is 17.2. The Kier molecular flexibility index (Phi) is 9.50. The van der Waals surface area contributed by atoms with Crippen LogP contribution in [-0.2, 0) is 18.3 Å². The van der Waals surface area contributed by atoms with E-state index >= 15 is 0 Å². The summed E-state index contributed by atoms with van der Waals surface area (Å²) in [5.41, 5.74) is 3.95. The van der Waals surface area contributed by atoms with Gasteiger partial charge in [0.2, 0.25) is 0 Å². The van der Waals surface area contributed by atoms with Crippen molar-refractivity contribution in [3.63, 3.8) is 0 Å². The summed E-state index contributed by atoms with van der Waals surface area (Å²) in [6.45, 7) is 5.63. The van der Waals surface area contributed by atoms with E-state index in [-0.39, 0.29) is 24.7 Å². The molecule has 0 aliphatic rings. The highest BCUT2D eigenvalue weighted by Crippen LogP contribution is 2.26. The maximum atomic E-state index is 12.9. The van der Waals surface area contributed by atoms with Gasteiger partial charge in [0.15, 0.2) is 5.82 Å². The van der Waals surface area contributed by atoms with Crippen LogP contribution in [-0.4, -0.2) is 52.1 Å². The number of benzene rings is 2. The van der Waals surface area contributed by atoms with Gasteiger partial charge >= 0.3 is 0 Å². The van der Waals surface area contributed by atoms with Crippen LogP contribution in [0.1, 0.15) is 48.9 Å². The van der Waals surface area contributed by atoms with E-state index in [1.807, 2.05) is 62.8 Å². The minimum absolute atomic E-state index is 0.0177. The molecule has 0 saturated heterocycles. The minimum Gasteiger partial charge on any atom is -0.489 e. The molecule has 36 heavy (non-hydrogen) atoms. The summed E-state index contributed by atoms with van der Waals surface area (Å²) in [5.74, 6) is 1.01. The Balaban J connectivity index is 1.69. The van der Waals surface area contributed by atoms with Crippen molar-refractivity contribution in [3.8, 4) is 17.0 Å². The number of ether oxygens (including phenoxy) is 1. The number of nitrogens with one attached hydrogen (secondary N) is 1. The molecule has 2 aromatic carbocycles. The maximum absolute atomic E-state index is 12.9. The molecule has 1 aromatic heterocycles. The number of oxime groups is 1. The lowest BCUT2D eigenvalue weighted by Crippen LogP contribution is -2.37. The van der Waals surface area contributed by atoms with E-state index in [9.17, 15) is 9.90 Å². The van der Waals surface area contributed by atoms with Crippen LogP contribution in [0.25, 0.3) is 11.3 Å². The highest BCUT2D eigenvalue weighted by atomic mass is 35.5. The van der Waals surface area contributed by atoms with Crippen molar-refractivity contribution < 1.29 is 19.5 Å². The van der Waals surface area contributed by atoms with Crippen molar-refractivity contribution in [1.82, 2.24) is 14.9 Å². The number of amides is 1. The predicted molar refractivity (Wildman–Crippen MR) is 142 cm³/mol. The van der Waals surface area contributed by atoms with Crippen LogP contribution in [0.15, 0.2) is 53.8 Å². The van der Waals surface area contributed by atoms with Gasteiger partial charge in [0, 0.05) is 37.0 Å². The van der Waals surface area contributed by atoms with Gasteiger partial charge in [0.05, 0.1) is 16.8 Å². The first-order valence-corrected chi connectivity index (χ1v) is 12.2. The van der Waals surface area contributed by atoms with Gasteiger partial charge in [-0.2, -0.15) is 0 Å². The fourth-order valence-electron chi connectivity index (χ4n) is 3.86. The molecule has 0 bridgehead atoms. The van der Waals surface area contributed by atoms with Crippen LogP contribution in [0.2, 0.25) is 5.02 Å². The second kappa shape index (κ2) is 12.6. The van der Waals surface area contributed by atoms with E-state index in [1.54, 1.807) is 18.2 Å². The number of aromatic nitrogens is 2. The fraction of sp³-hybridized carbons (Fsp3) is 0.370. The number of rotatable bonds is 11. The molecule has 2 N–H and O–H groups in total. The standard InChI is InChI=1S/C27H33ClN4O4/c1-17(2)36-25-11-10-21(15-23(25)28)27(34)29-22(12-13-33)14-19-6-8-20(9-7-19)24-16-32(4)26(30-24)18(3)31-35-5/h6-11,15-17,22,33H,12-14H2,1-5H3,(H,29,34)/b31-18+. The number of halogens is 1. The fourth-order valence-corrected chi connectivity index (χ4v) is 4.08. The molecule has 1 atom stereocenters. The van der Waals surface area contributed by atoms with Crippen LogP contribution in [0.5, 0.6) is 5.75 Å². The first kappa shape index (κ1) is 27.2. The van der Waals surface area contributed by atoms with Crippen LogP contribution in [0, 0.1) is 0 Å². The van der Waals surface area contributed by atoms with Crippen LogP contribution < -0.4 is 10.1 Å². The molecule has 1 heterocycles. The molecule has 0 aliphatic carbocycles. The van der Waals surface area contributed by atoms with Gasteiger partial charge in [0.25, 0.3) is 5.91 Å². The summed E-state index contributed by atoms with van der Waals surface area (Å²) >= 11 is 6.29. The van der Waals surface area contributed by atoms with Crippen LogP contribution in [0.4, 0.5) is 0 Å². The largest absolute Gasteiger partial charge is 0.489 e. The molecule has 1 unspecified atom stereocenters. The normalized spacial score (nSPS) is 12.5. The Bertz CT molecular complexity index is 1200. The number of aliphatic hydroxyl groups is 1. The van der Waals surface area contributed by atoms with E-state index in [0.29, 0.717) is 34.9 Å². The number of aliphatic hydroxyl groups excluding tert-OH is 1. The molecule has 3 rings (SSSR count). The highest BCUT2D eigenvalue weighted by molar-refractivity contribution is 6.32. The average Bonchev–Trinajstić information content (AvgIpc) is 3.22. The van der Waals surface area contributed by atoms with Crippen LogP contribution in [0.3, 0.4) is 0 Å². The number of carbonyl (C=O) groups is 1. The van der Waals surface area contributed by atoms with Gasteiger partial charge in [-0.25, -0.2) is 4.98 Å². The molecule has 0 aliphatic heterocycles. The highest BCUT2D eigenvalue weighted by Gasteiger charge is 2.17. The van der Waals surface area contributed by atoms with Gasteiger partial charge in [-0.1, -0.05) is 41.0 Å². The molecule has 0 fully saturated rings. The van der Waals surface area contributed by atoms with Gasteiger partial charge < -0.3 is 24.6 Å². The number of nitrogens with zero attached hydrogens (tertiary/aromatic N) is 3. The lowest BCUT2D eigenvalue weighted by Gasteiger charge is -2.19. The number of aryl methyl sites for hydroxylation is 1. The monoisotopic (exact) mass is 512 g/mol. The number of hydrogen-bond acceptors (Lipinski definition) is 6. The summed E-state index contributed by atoms with van der Waals surface area (Å²) in [4.78, 5) is 22.4. The second-order valence-corrected chi connectivity index (χ2v) is 9.22. The van der Waals surface area contributed by atoms with E-state index < -0.39 is 0 Å². The van der Waals surface area contributed by atoms with E-state index in [4.69, 9.17) is 21.2 Å². The van der Waals surface area contributed by atoms with Gasteiger partial charge in [-0.3, -0.25) is 4.79 Å². The molecule has 8 nitrogen and oxygen atoms in total. The lowest BCUT2D eigenvalue weighted by atomic mass is 10.0. The summed E-state index contributed by atoms with van der Waals surface area (Å²) in [6, 6.07) is 12.7. The van der Waals surface area contributed by atoms with Crippen molar-refractivity contribution in [1.29, 1.82) is 0 Å². The third-order valence-corrected chi connectivity index (χ3v) is 5.82. The molecule has 192 valence electrons. The summed E-state index contributed by atoms with van der Waals surface area (Å²) in [7, 11) is 3.42. The average molecular weight is 513 g/mol. The quantitative estimate of drug-likeness (QED) is 0.288. The predicted octanol–water partition coefficient (Wildman–Crippen LogP) is 4.62. The number of carbonyl (C=O) groups excluding carboxylic acids is 1. The maximum Gasteiger partial charge on any atom is 0.251 e. The molecule has 0 saturated carbocycles. The Morgan fingerprint density at radius 1 is 1.22 bits per heavy atom. The zero-order valence-corrected chi connectivity index (χ0v) is 22.0. The molecule has 3 aromatic rings. The van der Waals surface area contributed by atoms with Gasteiger partial charge in [-0.15, -0.1) is 0 Å². The minimum atomic E-state index is -0.253. The number of hydrogen-bond donors (Lipinski definition) is 2. The summed E-state index contributed by atoms with van der Waals surface area (Å²) in [6.07, 6.45) is 2.92. The lowest BCUT2D eigenvalue weighted by molar-refractivity contribution is 0.0930. The molecular weight excluding hydrogens is 480 g/mol. The zero-order valence-electron chi connectivity index (χ0n) is 21.3. The van der Waals surface area contributed by atoms with Crippen LogP contribution >= 0.6 is 11.6 Å². The molecule has 0 radical (unpaired) electrons. The van der Waals surface area contributed by atoms with E-state index in [1.165, 1.54) is 7.11 Å². The van der Waals surface area contributed by atoms with Gasteiger partial charge in [0.1, 0.15) is 18.6 Å².